The summed E-state index contributed by atoms with van der Waals surface area (Å²) in [6.45, 7) is 6.42. The van der Waals surface area contributed by atoms with Gasteiger partial charge in [0, 0.05) is 24.2 Å². The monoisotopic (exact) mass is 326 g/mol. The summed E-state index contributed by atoms with van der Waals surface area (Å²) in [4.78, 5) is 38.3. The number of nitrogens with zero attached hydrogens (tertiary/aromatic N) is 3. The summed E-state index contributed by atoms with van der Waals surface area (Å²) < 4.78 is 0. The third kappa shape index (κ3) is 3.22. The summed E-state index contributed by atoms with van der Waals surface area (Å²) in [7, 11) is 0. The molecule has 1 saturated heterocycles. The van der Waals surface area contributed by atoms with E-state index in [2.05, 4.69) is 15.0 Å². The Kier molecular flexibility index (Phi) is 4.22. The Hall–Kier alpha value is -2.50. The van der Waals surface area contributed by atoms with Crippen LogP contribution >= 0.6 is 0 Å². The highest BCUT2D eigenvalue weighted by Crippen LogP contribution is 2.33. The fourth-order valence-electron chi connectivity index (χ4n) is 3.00. The lowest BCUT2D eigenvalue weighted by Crippen LogP contribution is -2.39. The highest BCUT2D eigenvalue weighted by molar-refractivity contribution is 5.82. The van der Waals surface area contributed by atoms with E-state index in [1.54, 1.807) is 6.20 Å². The average molecular weight is 326 g/mol. The Bertz CT molecular complexity index is 793. The third-order valence-corrected chi connectivity index (χ3v) is 4.16. The molecule has 0 spiro atoms. The molecule has 2 aromatic rings. The van der Waals surface area contributed by atoms with E-state index >= 15 is 0 Å². The number of aromatic nitrogens is 3. The van der Waals surface area contributed by atoms with Gasteiger partial charge in [-0.15, -0.1) is 0 Å². The van der Waals surface area contributed by atoms with Gasteiger partial charge in [0.25, 0.3) is 5.56 Å². The Balaban J connectivity index is 1.99. The first kappa shape index (κ1) is 16.4. The molecule has 0 saturated carbocycles. The molecule has 0 bridgehead atoms. The van der Waals surface area contributed by atoms with Crippen LogP contribution in [0.15, 0.2) is 35.3 Å². The van der Waals surface area contributed by atoms with Gasteiger partial charge in [-0.1, -0.05) is 26.8 Å². The molecule has 1 N–H and O–H groups in total. The van der Waals surface area contributed by atoms with Gasteiger partial charge in [0.2, 0.25) is 5.91 Å². The van der Waals surface area contributed by atoms with Crippen molar-refractivity contribution in [2.75, 3.05) is 6.54 Å². The Labute approximate surface area is 141 Å². The molecule has 1 atom stereocenters. The molecule has 3 heterocycles. The van der Waals surface area contributed by atoms with Gasteiger partial charge in [-0.25, -0.2) is 4.98 Å². The molecule has 1 aliphatic rings. The van der Waals surface area contributed by atoms with Crippen molar-refractivity contribution in [3.8, 4) is 11.4 Å². The van der Waals surface area contributed by atoms with Crippen molar-refractivity contribution in [1.29, 1.82) is 0 Å². The molecule has 6 nitrogen and oxygen atoms in total. The van der Waals surface area contributed by atoms with Gasteiger partial charge in [0.05, 0.1) is 17.4 Å². The first-order valence-electron chi connectivity index (χ1n) is 8.20. The minimum absolute atomic E-state index is 0.0795. The topological polar surface area (TPSA) is 79.0 Å². The maximum absolute atomic E-state index is 12.7. The lowest BCUT2D eigenvalue weighted by Gasteiger charge is -2.30. The zero-order valence-corrected chi connectivity index (χ0v) is 14.2. The summed E-state index contributed by atoms with van der Waals surface area (Å²) >= 11 is 0. The van der Waals surface area contributed by atoms with Crippen molar-refractivity contribution in [2.45, 2.75) is 39.7 Å². The van der Waals surface area contributed by atoms with Gasteiger partial charge in [-0.3, -0.25) is 14.6 Å². The predicted octanol–water partition coefficient (Wildman–Crippen LogP) is 2.54. The first-order chi connectivity index (χ1) is 11.4. The summed E-state index contributed by atoms with van der Waals surface area (Å²) in [5.41, 5.74) is 0.498. The lowest BCUT2D eigenvalue weighted by molar-refractivity contribution is -0.140. The summed E-state index contributed by atoms with van der Waals surface area (Å²) in [5.74, 6) is 0.620. The van der Waals surface area contributed by atoms with Crippen molar-refractivity contribution in [1.82, 2.24) is 19.9 Å². The zero-order valence-electron chi connectivity index (χ0n) is 14.2. The minimum Gasteiger partial charge on any atom is -0.332 e. The molecule has 126 valence electrons. The van der Waals surface area contributed by atoms with Crippen LogP contribution in [0, 0.1) is 5.41 Å². The molecule has 0 aliphatic carbocycles. The van der Waals surface area contributed by atoms with Crippen LogP contribution < -0.4 is 5.56 Å². The zero-order chi connectivity index (χ0) is 17.3. The second-order valence-corrected chi connectivity index (χ2v) is 7.14. The van der Waals surface area contributed by atoms with E-state index in [4.69, 9.17) is 0 Å². The van der Waals surface area contributed by atoms with E-state index in [-0.39, 0.29) is 17.5 Å². The SMILES string of the molecule is CC(C)(C)C(=O)N1CCC[C@@H]1c1nc(-c2ccccn2)cc(=O)[nH]1. The number of likely N-dealkylation sites (tertiary alicyclic amines) is 1. The molecule has 3 rings (SSSR count). The van der Waals surface area contributed by atoms with Crippen LogP contribution in [0.4, 0.5) is 0 Å². The summed E-state index contributed by atoms with van der Waals surface area (Å²) in [5, 5.41) is 0. The smallest absolute Gasteiger partial charge is 0.251 e. The van der Waals surface area contributed by atoms with Gasteiger partial charge in [-0.05, 0) is 25.0 Å². The van der Waals surface area contributed by atoms with E-state index in [0.29, 0.717) is 23.8 Å². The van der Waals surface area contributed by atoms with Crippen molar-refractivity contribution in [3.05, 3.63) is 46.6 Å². The van der Waals surface area contributed by atoms with Crippen molar-refractivity contribution >= 4 is 5.91 Å². The number of aromatic amines is 1. The van der Waals surface area contributed by atoms with E-state index in [1.165, 1.54) is 6.07 Å². The van der Waals surface area contributed by atoms with Crippen LogP contribution in [0.5, 0.6) is 0 Å². The number of pyridine rings is 1. The second kappa shape index (κ2) is 6.19. The Morgan fingerprint density at radius 1 is 1.29 bits per heavy atom. The number of hydrogen-bond acceptors (Lipinski definition) is 4. The van der Waals surface area contributed by atoms with Crippen LogP contribution in [0.25, 0.3) is 11.4 Å². The van der Waals surface area contributed by atoms with Gasteiger partial charge < -0.3 is 9.88 Å². The molecule has 1 fully saturated rings. The number of carbonyl (C=O) groups excluding carboxylic acids is 1. The number of amides is 1. The first-order valence-corrected chi connectivity index (χ1v) is 8.20. The molecule has 0 aromatic carbocycles. The predicted molar refractivity (Wildman–Crippen MR) is 91.2 cm³/mol. The molecule has 2 aromatic heterocycles. The molecule has 1 amide bonds. The van der Waals surface area contributed by atoms with Crippen LogP contribution in [0.2, 0.25) is 0 Å². The fraction of sp³-hybridized carbons (Fsp3) is 0.444. The maximum atomic E-state index is 12.7. The van der Waals surface area contributed by atoms with E-state index < -0.39 is 5.41 Å². The van der Waals surface area contributed by atoms with Gasteiger partial charge in [0.15, 0.2) is 0 Å². The van der Waals surface area contributed by atoms with Crippen LogP contribution in [-0.4, -0.2) is 32.3 Å². The molecule has 6 heteroatoms. The maximum Gasteiger partial charge on any atom is 0.251 e. The number of carbonyl (C=O) groups is 1. The summed E-state index contributed by atoms with van der Waals surface area (Å²) in [6, 6.07) is 6.75. The van der Waals surface area contributed by atoms with E-state index in [1.807, 2.05) is 43.9 Å². The highest BCUT2D eigenvalue weighted by Gasteiger charge is 2.37. The molecule has 0 radical (unpaired) electrons. The number of hydrogen-bond donors (Lipinski definition) is 1. The molecule has 0 unspecified atom stereocenters. The van der Waals surface area contributed by atoms with E-state index in [0.717, 1.165) is 12.8 Å². The average Bonchev–Trinajstić information content (AvgIpc) is 3.03. The second-order valence-electron chi connectivity index (χ2n) is 7.14. The number of H-pyrrole nitrogens is 1. The third-order valence-electron chi connectivity index (χ3n) is 4.16. The summed E-state index contributed by atoms with van der Waals surface area (Å²) in [6.07, 6.45) is 3.38. The van der Waals surface area contributed by atoms with Gasteiger partial charge in [0.1, 0.15) is 5.82 Å². The number of rotatable bonds is 2. The number of nitrogens with one attached hydrogen (secondary N) is 1. The Morgan fingerprint density at radius 3 is 2.75 bits per heavy atom. The van der Waals surface area contributed by atoms with Crippen LogP contribution in [-0.2, 0) is 4.79 Å². The van der Waals surface area contributed by atoms with Crippen molar-refractivity contribution < 1.29 is 4.79 Å². The van der Waals surface area contributed by atoms with Crippen LogP contribution in [0.3, 0.4) is 0 Å². The molecular formula is C18H22N4O2. The lowest BCUT2D eigenvalue weighted by atomic mass is 9.94. The van der Waals surface area contributed by atoms with Gasteiger partial charge >= 0.3 is 0 Å². The van der Waals surface area contributed by atoms with Gasteiger partial charge in [-0.2, -0.15) is 0 Å². The molecule has 24 heavy (non-hydrogen) atoms. The normalized spacial score (nSPS) is 18.0. The van der Waals surface area contributed by atoms with Crippen molar-refractivity contribution in [3.63, 3.8) is 0 Å². The van der Waals surface area contributed by atoms with Crippen LogP contribution in [0.1, 0.15) is 45.5 Å². The quantitative estimate of drug-likeness (QED) is 0.920. The molecule has 1 aliphatic heterocycles. The molecular weight excluding hydrogens is 304 g/mol. The fourth-order valence-corrected chi connectivity index (χ4v) is 3.00. The largest absolute Gasteiger partial charge is 0.332 e. The van der Waals surface area contributed by atoms with Crippen molar-refractivity contribution in [2.24, 2.45) is 5.41 Å². The van der Waals surface area contributed by atoms with E-state index in [9.17, 15) is 9.59 Å². The highest BCUT2D eigenvalue weighted by atomic mass is 16.2. The Morgan fingerprint density at radius 2 is 2.08 bits per heavy atom. The minimum atomic E-state index is -0.457. The standard InChI is InChI=1S/C18H22N4O2/c1-18(2,3)17(24)22-10-6-8-14(22)16-20-13(11-15(23)21-16)12-7-4-5-9-19-12/h4-5,7,9,11,14H,6,8,10H2,1-3H3,(H,20,21,23)/t14-/m1/s1.